The van der Waals surface area contributed by atoms with Gasteiger partial charge >= 0.3 is 0 Å². The summed E-state index contributed by atoms with van der Waals surface area (Å²) in [7, 11) is 3.01. The molecule has 0 saturated heterocycles. The van der Waals surface area contributed by atoms with Crippen LogP contribution in [0.5, 0.6) is 5.75 Å². The van der Waals surface area contributed by atoms with Crippen molar-refractivity contribution in [2.45, 2.75) is 6.92 Å². The van der Waals surface area contributed by atoms with Crippen molar-refractivity contribution >= 4 is 51.7 Å². The number of para-hydroxylation sites is 1. The van der Waals surface area contributed by atoms with Gasteiger partial charge in [0.1, 0.15) is 5.75 Å². The number of nitrogens with zero attached hydrogens (tertiary/aromatic N) is 1. The second-order valence-electron chi connectivity index (χ2n) is 6.23. The number of amides is 2. The molecule has 8 heteroatoms. The Labute approximate surface area is 172 Å². The smallest absolute Gasteiger partial charge is 0.290 e. The van der Waals surface area contributed by atoms with Crippen molar-refractivity contribution in [3.8, 4) is 5.75 Å². The Hall–Kier alpha value is -2.70. The molecule has 0 atom stereocenters. The summed E-state index contributed by atoms with van der Waals surface area (Å²) in [5.41, 5.74) is 1.55. The molecule has 3 rings (SSSR count). The number of likely N-dealkylation sites (N-methyl/N-ethyl adjacent to an activating group) is 1. The van der Waals surface area contributed by atoms with Crippen LogP contribution in [0.25, 0.3) is 11.0 Å². The van der Waals surface area contributed by atoms with E-state index in [-0.39, 0.29) is 12.3 Å². The lowest BCUT2D eigenvalue weighted by molar-refractivity contribution is -0.116. The van der Waals surface area contributed by atoms with Crippen LogP contribution in [-0.4, -0.2) is 37.4 Å². The molecule has 0 unspecified atom stereocenters. The molecular weight excluding hydrogens is 403 g/mol. The number of fused-ring (bicyclic) bond motifs is 1. The first-order valence-electron chi connectivity index (χ1n) is 8.38. The Kier molecular flexibility index (Phi) is 5.82. The minimum atomic E-state index is -0.419. The number of methoxy groups -OCH3 is 1. The summed E-state index contributed by atoms with van der Waals surface area (Å²) in [4.78, 5) is 26.4. The molecule has 146 valence electrons. The van der Waals surface area contributed by atoms with Crippen LogP contribution in [-0.2, 0) is 4.79 Å². The van der Waals surface area contributed by atoms with Crippen molar-refractivity contribution in [2.75, 3.05) is 26.0 Å². The number of hydrogen-bond acceptors (Lipinski definition) is 4. The minimum absolute atomic E-state index is 0.152. The molecule has 2 aromatic carbocycles. The number of anilines is 1. The molecule has 0 radical (unpaired) electrons. The maximum atomic E-state index is 12.8. The lowest BCUT2D eigenvalue weighted by Gasteiger charge is -2.17. The van der Waals surface area contributed by atoms with Crippen LogP contribution in [0.4, 0.5) is 5.69 Å². The maximum Gasteiger partial charge on any atom is 0.290 e. The van der Waals surface area contributed by atoms with Gasteiger partial charge in [-0.3, -0.25) is 9.59 Å². The number of aryl methyl sites for hydroxylation is 1. The van der Waals surface area contributed by atoms with Gasteiger partial charge in [-0.2, -0.15) is 0 Å². The average molecular weight is 421 g/mol. The van der Waals surface area contributed by atoms with E-state index in [1.165, 1.54) is 19.1 Å². The highest BCUT2D eigenvalue weighted by atomic mass is 35.5. The Morgan fingerprint density at radius 3 is 2.64 bits per heavy atom. The Bertz CT molecular complexity index is 1060. The Morgan fingerprint density at radius 1 is 1.21 bits per heavy atom. The van der Waals surface area contributed by atoms with Gasteiger partial charge in [-0.1, -0.05) is 35.3 Å². The van der Waals surface area contributed by atoms with Gasteiger partial charge in [-0.25, -0.2) is 0 Å². The molecule has 1 aromatic heterocycles. The lowest BCUT2D eigenvalue weighted by atomic mass is 10.1. The van der Waals surface area contributed by atoms with Crippen LogP contribution < -0.4 is 10.1 Å². The Balaban J connectivity index is 1.76. The molecule has 0 bridgehead atoms. The summed E-state index contributed by atoms with van der Waals surface area (Å²) in [6, 6.07) is 10.2. The SMILES string of the molecule is COc1ccc(Cl)cc1NC(=O)CN(C)C(=O)c1oc2c(Cl)cccc2c1C. The summed E-state index contributed by atoms with van der Waals surface area (Å²) in [6.07, 6.45) is 0. The molecule has 1 N–H and O–H groups in total. The highest BCUT2D eigenvalue weighted by Crippen LogP contribution is 2.31. The van der Waals surface area contributed by atoms with Gasteiger partial charge in [-0.05, 0) is 31.2 Å². The van der Waals surface area contributed by atoms with E-state index in [0.717, 1.165) is 5.39 Å². The topological polar surface area (TPSA) is 71.8 Å². The second-order valence-corrected chi connectivity index (χ2v) is 7.07. The first-order chi connectivity index (χ1) is 13.3. The predicted octanol–water partition coefficient (Wildman–Crippen LogP) is 4.77. The third-order valence-corrected chi connectivity index (χ3v) is 4.81. The van der Waals surface area contributed by atoms with Crippen LogP contribution >= 0.6 is 23.2 Å². The molecular formula is C20H18Cl2N2O4. The van der Waals surface area contributed by atoms with Gasteiger partial charge in [-0.15, -0.1) is 0 Å². The largest absolute Gasteiger partial charge is 0.495 e. The lowest BCUT2D eigenvalue weighted by Crippen LogP contribution is -2.35. The zero-order valence-corrected chi connectivity index (χ0v) is 17.0. The zero-order chi connectivity index (χ0) is 20.4. The van der Waals surface area contributed by atoms with E-state index in [1.807, 2.05) is 6.07 Å². The predicted molar refractivity (Wildman–Crippen MR) is 110 cm³/mol. The van der Waals surface area contributed by atoms with Crippen LogP contribution in [0.1, 0.15) is 16.1 Å². The number of hydrogen-bond donors (Lipinski definition) is 1. The number of nitrogens with one attached hydrogen (secondary N) is 1. The number of ether oxygens (including phenoxy) is 1. The monoisotopic (exact) mass is 420 g/mol. The molecule has 28 heavy (non-hydrogen) atoms. The van der Waals surface area contributed by atoms with Crippen molar-refractivity contribution in [1.82, 2.24) is 4.90 Å². The van der Waals surface area contributed by atoms with Crippen molar-refractivity contribution in [2.24, 2.45) is 0 Å². The highest BCUT2D eigenvalue weighted by molar-refractivity contribution is 6.35. The first kappa shape index (κ1) is 20.0. The van der Waals surface area contributed by atoms with Crippen LogP contribution in [0.2, 0.25) is 10.0 Å². The summed E-state index contributed by atoms with van der Waals surface area (Å²) in [5.74, 6) is -0.200. The third-order valence-electron chi connectivity index (χ3n) is 4.27. The summed E-state index contributed by atoms with van der Waals surface area (Å²) in [6.45, 7) is 1.60. The van der Waals surface area contributed by atoms with E-state index < -0.39 is 11.8 Å². The summed E-state index contributed by atoms with van der Waals surface area (Å²) >= 11 is 12.1. The van der Waals surface area contributed by atoms with Crippen molar-refractivity contribution in [1.29, 1.82) is 0 Å². The summed E-state index contributed by atoms with van der Waals surface area (Å²) in [5, 5.41) is 4.34. The van der Waals surface area contributed by atoms with Gasteiger partial charge < -0.3 is 19.4 Å². The number of carbonyl (C=O) groups excluding carboxylic acids is 2. The summed E-state index contributed by atoms with van der Waals surface area (Å²) < 4.78 is 10.9. The number of furan rings is 1. The van der Waals surface area contributed by atoms with E-state index in [9.17, 15) is 9.59 Å². The normalized spacial score (nSPS) is 10.8. The molecule has 0 spiro atoms. The second kappa shape index (κ2) is 8.12. The van der Waals surface area contributed by atoms with Gasteiger partial charge in [0.05, 0.1) is 24.4 Å². The molecule has 6 nitrogen and oxygen atoms in total. The third kappa shape index (κ3) is 3.93. The first-order valence-corrected chi connectivity index (χ1v) is 9.14. The number of halogens is 2. The van der Waals surface area contributed by atoms with E-state index >= 15 is 0 Å². The molecule has 0 fully saturated rings. The molecule has 0 aliphatic rings. The van der Waals surface area contributed by atoms with Crippen molar-refractivity contribution < 1.29 is 18.7 Å². The standard InChI is InChI=1S/C20H18Cl2N2O4/c1-11-13-5-4-6-14(22)19(13)28-18(11)20(26)24(2)10-17(25)23-15-9-12(21)7-8-16(15)27-3/h4-9H,10H2,1-3H3,(H,23,25). The Morgan fingerprint density at radius 2 is 1.96 bits per heavy atom. The van der Waals surface area contributed by atoms with Crippen LogP contribution in [0.3, 0.4) is 0 Å². The van der Waals surface area contributed by atoms with Crippen LogP contribution in [0.15, 0.2) is 40.8 Å². The van der Waals surface area contributed by atoms with Gasteiger partial charge in [0.2, 0.25) is 5.91 Å². The molecule has 0 saturated carbocycles. The fourth-order valence-corrected chi connectivity index (χ4v) is 3.23. The van der Waals surface area contributed by atoms with Gasteiger partial charge in [0.15, 0.2) is 11.3 Å². The highest BCUT2D eigenvalue weighted by Gasteiger charge is 2.23. The zero-order valence-electron chi connectivity index (χ0n) is 15.5. The van der Waals surface area contributed by atoms with E-state index in [0.29, 0.717) is 32.6 Å². The van der Waals surface area contributed by atoms with Crippen LogP contribution in [0, 0.1) is 6.92 Å². The molecule has 1 heterocycles. The van der Waals surface area contributed by atoms with Crippen molar-refractivity contribution in [3.63, 3.8) is 0 Å². The maximum absolute atomic E-state index is 12.8. The van der Waals surface area contributed by atoms with Gasteiger partial charge in [0, 0.05) is 23.0 Å². The fourth-order valence-electron chi connectivity index (χ4n) is 2.84. The van der Waals surface area contributed by atoms with E-state index in [1.54, 1.807) is 37.3 Å². The van der Waals surface area contributed by atoms with E-state index in [2.05, 4.69) is 5.32 Å². The fraction of sp³-hybridized carbons (Fsp3) is 0.200. The molecule has 0 aliphatic carbocycles. The average Bonchev–Trinajstić information content (AvgIpc) is 2.99. The molecule has 2 amide bonds. The number of rotatable bonds is 5. The van der Waals surface area contributed by atoms with Gasteiger partial charge in [0.25, 0.3) is 5.91 Å². The van der Waals surface area contributed by atoms with E-state index in [4.69, 9.17) is 32.4 Å². The minimum Gasteiger partial charge on any atom is -0.495 e. The quantitative estimate of drug-likeness (QED) is 0.645. The number of carbonyl (C=O) groups is 2. The molecule has 3 aromatic rings. The molecule has 0 aliphatic heterocycles. The number of benzene rings is 2. The van der Waals surface area contributed by atoms with Crippen molar-refractivity contribution in [3.05, 3.63) is 57.8 Å².